The van der Waals surface area contributed by atoms with Gasteiger partial charge in [0.2, 0.25) is 0 Å². The molecule has 4 heteroatoms. The van der Waals surface area contributed by atoms with Gasteiger partial charge in [0.1, 0.15) is 0 Å². The van der Waals surface area contributed by atoms with Crippen molar-refractivity contribution in [2.45, 2.75) is 46.0 Å². The number of hydrogen-bond donors (Lipinski definition) is 2. The monoisotopic (exact) mass is 268 g/mol. The van der Waals surface area contributed by atoms with Crippen molar-refractivity contribution >= 4 is 5.96 Å². The van der Waals surface area contributed by atoms with Crippen LogP contribution in [0.25, 0.3) is 0 Å². The minimum atomic E-state index is 0.891. The zero-order valence-corrected chi connectivity index (χ0v) is 13.0. The Morgan fingerprint density at radius 1 is 1.21 bits per heavy atom. The second-order valence-electron chi connectivity index (χ2n) is 5.58. The third kappa shape index (κ3) is 7.41. The van der Waals surface area contributed by atoms with Crippen LogP contribution in [0.1, 0.15) is 46.0 Å². The van der Waals surface area contributed by atoms with Gasteiger partial charge >= 0.3 is 0 Å². The topological polar surface area (TPSA) is 39.7 Å². The summed E-state index contributed by atoms with van der Waals surface area (Å²) in [7, 11) is 2.22. The fourth-order valence-electron chi connectivity index (χ4n) is 2.44. The van der Waals surface area contributed by atoms with Crippen molar-refractivity contribution < 1.29 is 0 Å². The van der Waals surface area contributed by atoms with E-state index in [1.54, 1.807) is 0 Å². The Morgan fingerprint density at radius 2 is 1.95 bits per heavy atom. The summed E-state index contributed by atoms with van der Waals surface area (Å²) < 4.78 is 0. The molecule has 0 radical (unpaired) electrons. The Hall–Kier alpha value is -0.770. The molecule has 0 aromatic carbocycles. The summed E-state index contributed by atoms with van der Waals surface area (Å²) in [4.78, 5) is 7.01. The number of rotatable bonds is 7. The summed E-state index contributed by atoms with van der Waals surface area (Å²) >= 11 is 0. The van der Waals surface area contributed by atoms with Crippen molar-refractivity contribution in [1.82, 2.24) is 15.5 Å². The van der Waals surface area contributed by atoms with E-state index in [-0.39, 0.29) is 0 Å². The molecule has 1 fully saturated rings. The number of nitrogens with zero attached hydrogens (tertiary/aromatic N) is 2. The van der Waals surface area contributed by atoms with Gasteiger partial charge in [0.15, 0.2) is 5.96 Å². The highest BCUT2D eigenvalue weighted by atomic mass is 15.2. The van der Waals surface area contributed by atoms with Crippen LogP contribution in [0.3, 0.4) is 0 Å². The maximum atomic E-state index is 4.58. The van der Waals surface area contributed by atoms with Crippen LogP contribution in [0.5, 0.6) is 0 Å². The van der Waals surface area contributed by atoms with Crippen LogP contribution in [0.2, 0.25) is 0 Å². The lowest BCUT2D eigenvalue weighted by Gasteiger charge is -2.29. The fraction of sp³-hybridized carbons (Fsp3) is 0.933. The average molecular weight is 268 g/mol. The highest BCUT2D eigenvalue weighted by Gasteiger charge is 2.15. The lowest BCUT2D eigenvalue weighted by molar-refractivity contribution is 0.213. The van der Waals surface area contributed by atoms with Gasteiger partial charge in [-0.05, 0) is 58.7 Å². The number of piperidine rings is 1. The van der Waals surface area contributed by atoms with E-state index in [0.29, 0.717) is 0 Å². The zero-order chi connectivity index (χ0) is 13.9. The summed E-state index contributed by atoms with van der Waals surface area (Å²) in [6.45, 7) is 9.76. The Bertz CT molecular complexity index is 245. The number of unbranched alkanes of at least 4 members (excludes halogenated alkanes) is 1. The summed E-state index contributed by atoms with van der Waals surface area (Å²) in [6, 6.07) is 0. The molecule has 0 atom stereocenters. The third-order valence-electron chi connectivity index (χ3n) is 3.81. The van der Waals surface area contributed by atoms with E-state index in [1.165, 1.54) is 45.2 Å². The lowest BCUT2D eigenvalue weighted by Crippen LogP contribution is -2.39. The SMILES string of the molecule is CCCCN=C(NCC)NCCC1CCN(C)CC1. The van der Waals surface area contributed by atoms with Gasteiger partial charge in [-0.25, -0.2) is 0 Å². The molecule has 1 aliphatic rings. The van der Waals surface area contributed by atoms with E-state index in [9.17, 15) is 0 Å². The van der Waals surface area contributed by atoms with Crippen LogP contribution in [-0.4, -0.2) is 50.6 Å². The van der Waals surface area contributed by atoms with Gasteiger partial charge in [0, 0.05) is 19.6 Å². The summed E-state index contributed by atoms with van der Waals surface area (Å²) in [5, 5.41) is 6.78. The van der Waals surface area contributed by atoms with Crippen LogP contribution in [0.15, 0.2) is 4.99 Å². The van der Waals surface area contributed by atoms with Crippen LogP contribution < -0.4 is 10.6 Å². The molecular weight excluding hydrogens is 236 g/mol. The molecule has 0 aliphatic carbocycles. The Labute approximate surface area is 119 Å². The van der Waals surface area contributed by atoms with Crippen molar-refractivity contribution in [3.05, 3.63) is 0 Å². The van der Waals surface area contributed by atoms with Gasteiger partial charge in [-0.3, -0.25) is 4.99 Å². The van der Waals surface area contributed by atoms with Crippen LogP contribution in [0.4, 0.5) is 0 Å². The van der Waals surface area contributed by atoms with Crippen molar-refractivity contribution in [3.8, 4) is 0 Å². The molecule has 2 N–H and O–H groups in total. The molecule has 0 unspecified atom stereocenters. The predicted octanol–water partition coefficient (Wildman–Crippen LogP) is 2.07. The van der Waals surface area contributed by atoms with Crippen molar-refractivity contribution in [3.63, 3.8) is 0 Å². The van der Waals surface area contributed by atoms with Crippen molar-refractivity contribution in [1.29, 1.82) is 0 Å². The molecule has 112 valence electrons. The normalized spacial score (nSPS) is 18.6. The number of likely N-dealkylation sites (tertiary alicyclic amines) is 1. The molecule has 0 aromatic rings. The Morgan fingerprint density at radius 3 is 2.58 bits per heavy atom. The maximum absolute atomic E-state index is 4.58. The van der Waals surface area contributed by atoms with E-state index in [1.807, 2.05) is 0 Å². The molecule has 0 spiro atoms. The first-order chi connectivity index (χ1) is 9.26. The van der Waals surface area contributed by atoms with Crippen LogP contribution >= 0.6 is 0 Å². The van der Waals surface area contributed by atoms with Gasteiger partial charge in [0.05, 0.1) is 0 Å². The summed E-state index contributed by atoms with van der Waals surface area (Å²) in [5.41, 5.74) is 0. The Kier molecular flexibility index (Phi) is 8.63. The third-order valence-corrected chi connectivity index (χ3v) is 3.81. The smallest absolute Gasteiger partial charge is 0.191 e. The molecule has 1 heterocycles. The van der Waals surface area contributed by atoms with E-state index in [2.05, 4.69) is 41.4 Å². The molecule has 0 amide bonds. The van der Waals surface area contributed by atoms with Gasteiger partial charge < -0.3 is 15.5 Å². The zero-order valence-electron chi connectivity index (χ0n) is 13.0. The first kappa shape index (κ1) is 16.3. The predicted molar refractivity (Wildman–Crippen MR) is 83.7 cm³/mol. The van der Waals surface area contributed by atoms with Crippen molar-refractivity contribution in [2.24, 2.45) is 10.9 Å². The van der Waals surface area contributed by atoms with Crippen LogP contribution in [0, 0.1) is 5.92 Å². The van der Waals surface area contributed by atoms with E-state index >= 15 is 0 Å². The molecular formula is C15H32N4. The quantitative estimate of drug-likeness (QED) is 0.422. The first-order valence-corrected chi connectivity index (χ1v) is 7.97. The second kappa shape index (κ2) is 10.1. The van der Waals surface area contributed by atoms with Gasteiger partial charge in [-0.1, -0.05) is 13.3 Å². The molecule has 1 saturated heterocycles. The first-order valence-electron chi connectivity index (χ1n) is 7.97. The van der Waals surface area contributed by atoms with Crippen LogP contribution in [-0.2, 0) is 0 Å². The van der Waals surface area contributed by atoms with E-state index < -0.39 is 0 Å². The van der Waals surface area contributed by atoms with E-state index in [4.69, 9.17) is 0 Å². The fourth-order valence-corrected chi connectivity index (χ4v) is 2.44. The molecule has 1 aliphatic heterocycles. The van der Waals surface area contributed by atoms with Gasteiger partial charge in [-0.15, -0.1) is 0 Å². The van der Waals surface area contributed by atoms with Gasteiger partial charge in [-0.2, -0.15) is 0 Å². The largest absolute Gasteiger partial charge is 0.357 e. The summed E-state index contributed by atoms with van der Waals surface area (Å²) in [5.74, 6) is 1.88. The minimum Gasteiger partial charge on any atom is -0.357 e. The standard InChI is InChI=1S/C15H32N4/c1-4-6-10-17-15(16-5-2)18-11-7-14-8-12-19(3)13-9-14/h14H,4-13H2,1-3H3,(H2,16,17,18). The Balaban J connectivity index is 2.18. The number of guanidine groups is 1. The van der Waals surface area contributed by atoms with Crippen molar-refractivity contribution in [2.75, 3.05) is 39.8 Å². The molecule has 19 heavy (non-hydrogen) atoms. The average Bonchev–Trinajstić information content (AvgIpc) is 2.41. The molecule has 0 aromatic heterocycles. The van der Waals surface area contributed by atoms with Gasteiger partial charge in [0.25, 0.3) is 0 Å². The van der Waals surface area contributed by atoms with E-state index in [0.717, 1.165) is 31.5 Å². The highest BCUT2D eigenvalue weighted by molar-refractivity contribution is 5.79. The maximum Gasteiger partial charge on any atom is 0.191 e. The minimum absolute atomic E-state index is 0.891. The molecule has 1 rings (SSSR count). The molecule has 4 nitrogen and oxygen atoms in total. The number of aliphatic imine (C=N–C) groups is 1. The second-order valence-corrected chi connectivity index (χ2v) is 5.58. The number of hydrogen-bond acceptors (Lipinski definition) is 2. The lowest BCUT2D eigenvalue weighted by atomic mass is 9.94. The summed E-state index contributed by atoms with van der Waals surface area (Å²) in [6.07, 6.45) is 6.35. The highest BCUT2D eigenvalue weighted by Crippen LogP contribution is 2.18. The molecule has 0 bridgehead atoms. The number of nitrogens with one attached hydrogen (secondary N) is 2. The molecule has 0 saturated carbocycles.